The van der Waals surface area contributed by atoms with Gasteiger partial charge in [0, 0.05) is 32.7 Å². The quantitative estimate of drug-likeness (QED) is 0.903. The second kappa shape index (κ2) is 6.93. The Morgan fingerprint density at radius 3 is 2.81 bits per heavy atom. The Balaban J connectivity index is 1.35. The van der Waals surface area contributed by atoms with Gasteiger partial charge in [-0.1, -0.05) is 24.3 Å². The highest BCUT2D eigenvalue weighted by atomic mass is 16.2. The molecule has 2 saturated heterocycles. The van der Waals surface area contributed by atoms with Gasteiger partial charge in [0.05, 0.1) is 5.41 Å². The van der Waals surface area contributed by atoms with Crippen LogP contribution in [0, 0.1) is 18.3 Å². The van der Waals surface area contributed by atoms with E-state index in [9.17, 15) is 9.59 Å². The summed E-state index contributed by atoms with van der Waals surface area (Å²) in [7, 11) is 0. The number of rotatable bonds is 4. The molecule has 1 aromatic rings. The largest absolute Gasteiger partial charge is 0.342 e. The lowest BCUT2D eigenvalue weighted by molar-refractivity contribution is -0.145. The Morgan fingerprint density at radius 1 is 1.23 bits per heavy atom. The third-order valence-electron chi connectivity index (χ3n) is 6.33. The number of hydrogen-bond donors (Lipinski definition) is 1. The van der Waals surface area contributed by atoms with Crippen molar-refractivity contribution in [1.82, 2.24) is 15.1 Å². The van der Waals surface area contributed by atoms with Gasteiger partial charge in [-0.3, -0.25) is 4.79 Å². The summed E-state index contributed by atoms with van der Waals surface area (Å²) in [6.45, 7) is 5.68. The molecule has 1 spiro atoms. The van der Waals surface area contributed by atoms with Crippen LogP contribution in [-0.4, -0.2) is 47.9 Å². The third-order valence-corrected chi connectivity index (χ3v) is 6.33. The van der Waals surface area contributed by atoms with Crippen LogP contribution in [-0.2, 0) is 11.3 Å². The maximum Gasteiger partial charge on any atom is 0.317 e. The van der Waals surface area contributed by atoms with E-state index < -0.39 is 0 Å². The molecule has 0 aromatic heterocycles. The highest BCUT2D eigenvalue weighted by Gasteiger charge is 2.49. The molecule has 0 radical (unpaired) electrons. The van der Waals surface area contributed by atoms with E-state index in [2.05, 4.69) is 23.2 Å². The monoisotopic (exact) mass is 355 g/mol. The molecule has 3 fully saturated rings. The zero-order chi connectivity index (χ0) is 18.1. The third kappa shape index (κ3) is 3.44. The molecule has 2 aliphatic heterocycles. The van der Waals surface area contributed by atoms with Gasteiger partial charge in [0.15, 0.2) is 0 Å². The van der Waals surface area contributed by atoms with E-state index in [1.54, 1.807) is 0 Å². The molecule has 26 heavy (non-hydrogen) atoms. The van der Waals surface area contributed by atoms with E-state index in [4.69, 9.17) is 0 Å². The van der Waals surface area contributed by atoms with Crippen LogP contribution in [0.25, 0.3) is 0 Å². The maximum absolute atomic E-state index is 13.1. The molecule has 140 valence electrons. The maximum atomic E-state index is 13.1. The van der Waals surface area contributed by atoms with Gasteiger partial charge in [0.2, 0.25) is 5.91 Å². The molecular weight excluding hydrogens is 326 g/mol. The van der Waals surface area contributed by atoms with Crippen molar-refractivity contribution in [3.05, 3.63) is 35.4 Å². The van der Waals surface area contributed by atoms with Crippen molar-refractivity contribution < 1.29 is 9.59 Å². The summed E-state index contributed by atoms with van der Waals surface area (Å²) < 4.78 is 0. The Bertz CT molecular complexity index is 700. The van der Waals surface area contributed by atoms with E-state index in [0.717, 1.165) is 43.8 Å². The summed E-state index contributed by atoms with van der Waals surface area (Å²) in [4.78, 5) is 29.6. The van der Waals surface area contributed by atoms with Gasteiger partial charge in [0.1, 0.15) is 0 Å². The molecule has 1 atom stereocenters. The Kier molecular flexibility index (Phi) is 4.63. The van der Waals surface area contributed by atoms with Gasteiger partial charge in [-0.2, -0.15) is 0 Å². The second-order valence-corrected chi connectivity index (χ2v) is 8.34. The molecule has 5 heteroatoms. The number of benzene rings is 1. The van der Waals surface area contributed by atoms with Gasteiger partial charge in [-0.05, 0) is 56.1 Å². The van der Waals surface area contributed by atoms with Crippen LogP contribution in [0.5, 0.6) is 0 Å². The molecule has 1 aromatic carbocycles. The normalized spacial score (nSPS) is 25.8. The second-order valence-electron chi connectivity index (χ2n) is 8.34. The van der Waals surface area contributed by atoms with Crippen molar-refractivity contribution >= 4 is 11.9 Å². The highest BCUT2D eigenvalue weighted by molar-refractivity contribution is 5.86. The van der Waals surface area contributed by atoms with Crippen molar-refractivity contribution in [2.45, 2.75) is 45.6 Å². The summed E-state index contributed by atoms with van der Waals surface area (Å²) in [5.74, 6) is 1.02. The van der Waals surface area contributed by atoms with Gasteiger partial charge in [-0.25, -0.2) is 4.79 Å². The minimum absolute atomic E-state index is 0.0442. The lowest BCUT2D eigenvalue weighted by Crippen LogP contribution is -2.51. The van der Waals surface area contributed by atoms with Gasteiger partial charge in [0.25, 0.3) is 0 Å². The summed E-state index contributed by atoms with van der Waals surface area (Å²) in [5, 5.41) is 3.03. The van der Waals surface area contributed by atoms with Crippen molar-refractivity contribution in [3.63, 3.8) is 0 Å². The smallest absolute Gasteiger partial charge is 0.317 e. The lowest BCUT2D eigenvalue weighted by atomic mass is 9.78. The first-order chi connectivity index (χ1) is 12.6. The molecular formula is C21H29N3O2. The summed E-state index contributed by atoms with van der Waals surface area (Å²) in [5.41, 5.74) is 2.00. The summed E-state index contributed by atoms with van der Waals surface area (Å²) in [6.07, 6.45) is 5.34. The minimum atomic E-state index is -0.326. The molecule has 5 nitrogen and oxygen atoms in total. The molecule has 3 aliphatic rings. The van der Waals surface area contributed by atoms with Crippen LogP contribution in [0.15, 0.2) is 24.3 Å². The van der Waals surface area contributed by atoms with Crippen molar-refractivity contribution in [1.29, 1.82) is 0 Å². The molecule has 1 N–H and O–H groups in total. The number of amides is 3. The number of nitrogens with zero attached hydrogens (tertiary/aromatic N) is 2. The predicted molar refractivity (Wildman–Crippen MR) is 101 cm³/mol. The minimum Gasteiger partial charge on any atom is -0.342 e. The fraction of sp³-hybridized carbons (Fsp3) is 0.619. The van der Waals surface area contributed by atoms with E-state index in [-0.39, 0.29) is 11.4 Å². The number of nitrogens with one attached hydrogen (secondary N) is 1. The molecule has 2 heterocycles. The lowest BCUT2D eigenvalue weighted by Gasteiger charge is -2.39. The summed E-state index contributed by atoms with van der Waals surface area (Å²) in [6, 6.07) is 8.06. The van der Waals surface area contributed by atoms with E-state index >= 15 is 0 Å². The van der Waals surface area contributed by atoms with Crippen molar-refractivity contribution in [2.24, 2.45) is 11.3 Å². The number of urea groups is 1. The van der Waals surface area contributed by atoms with Gasteiger partial charge in [-0.15, -0.1) is 0 Å². The van der Waals surface area contributed by atoms with Crippen LogP contribution in [0.2, 0.25) is 0 Å². The predicted octanol–water partition coefficient (Wildman–Crippen LogP) is 2.93. The SMILES string of the molecule is Cc1ccccc1CNC(=O)N1CC[C@@]2(CCCN(CC3CC3)C2=O)C1. The van der Waals surface area contributed by atoms with E-state index in [1.165, 1.54) is 18.4 Å². The number of carbonyl (C=O) groups excluding carboxylic acids is 2. The molecule has 4 rings (SSSR count). The highest BCUT2D eigenvalue weighted by Crippen LogP contribution is 2.41. The van der Waals surface area contributed by atoms with Gasteiger partial charge >= 0.3 is 6.03 Å². The number of carbonyl (C=O) groups is 2. The molecule has 0 bridgehead atoms. The topological polar surface area (TPSA) is 52.7 Å². The van der Waals surface area contributed by atoms with Gasteiger partial charge < -0.3 is 15.1 Å². The average molecular weight is 355 g/mol. The Morgan fingerprint density at radius 2 is 2.04 bits per heavy atom. The zero-order valence-electron chi connectivity index (χ0n) is 15.7. The van der Waals surface area contributed by atoms with Crippen LogP contribution in [0.4, 0.5) is 4.79 Å². The number of likely N-dealkylation sites (tertiary alicyclic amines) is 2. The van der Waals surface area contributed by atoms with Crippen molar-refractivity contribution in [2.75, 3.05) is 26.2 Å². The number of aryl methyl sites for hydroxylation is 1. The molecule has 1 aliphatic carbocycles. The standard InChI is InChI=1S/C21H29N3O2/c1-16-5-2-3-6-18(16)13-22-20(26)24-12-10-21(15-24)9-4-11-23(19(21)25)14-17-7-8-17/h2-3,5-6,17H,4,7-15H2,1H3,(H,22,26)/t21-/m0/s1. The van der Waals surface area contributed by atoms with E-state index in [0.29, 0.717) is 25.5 Å². The number of piperidine rings is 1. The molecule has 3 amide bonds. The Labute approximate surface area is 155 Å². The fourth-order valence-corrected chi connectivity index (χ4v) is 4.45. The summed E-state index contributed by atoms with van der Waals surface area (Å²) >= 11 is 0. The first-order valence-corrected chi connectivity index (χ1v) is 9.94. The van der Waals surface area contributed by atoms with E-state index in [1.807, 2.05) is 23.1 Å². The average Bonchev–Trinajstić information content (AvgIpc) is 3.36. The van der Waals surface area contributed by atoms with Crippen LogP contribution >= 0.6 is 0 Å². The zero-order valence-corrected chi connectivity index (χ0v) is 15.7. The molecule has 0 unspecified atom stereocenters. The first kappa shape index (κ1) is 17.4. The number of hydrogen-bond acceptors (Lipinski definition) is 2. The Hall–Kier alpha value is -2.04. The first-order valence-electron chi connectivity index (χ1n) is 9.94. The van der Waals surface area contributed by atoms with Crippen LogP contribution in [0.3, 0.4) is 0 Å². The molecule has 1 saturated carbocycles. The van der Waals surface area contributed by atoms with Crippen LogP contribution in [0.1, 0.15) is 43.2 Å². The van der Waals surface area contributed by atoms with Crippen LogP contribution < -0.4 is 5.32 Å². The fourth-order valence-electron chi connectivity index (χ4n) is 4.45. The van der Waals surface area contributed by atoms with Crippen molar-refractivity contribution in [3.8, 4) is 0 Å².